The van der Waals surface area contributed by atoms with Gasteiger partial charge in [-0.15, -0.1) is 0 Å². The van der Waals surface area contributed by atoms with E-state index in [0.717, 1.165) is 54.8 Å². The molecule has 1 unspecified atom stereocenters. The number of ether oxygens (including phenoxy) is 3. The second kappa shape index (κ2) is 10.6. The van der Waals surface area contributed by atoms with E-state index in [9.17, 15) is 5.11 Å². The number of nitrogens with zero attached hydrogens (tertiary/aromatic N) is 3. The van der Waals surface area contributed by atoms with Crippen molar-refractivity contribution in [1.29, 1.82) is 0 Å². The summed E-state index contributed by atoms with van der Waals surface area (Å²) in [5.41, 5.74) is 1.88. The quantitative estimate of drug-likeness (QED) is 0.571. The summed E-state index contributed by atoms with van der Waals surface area (Å²) in [7, 11) is 4.87. The van der Waals surface area contributed by atoms with Crippen LogP contribution in [0.15, 0.2) is 12.1 Å². The van der Waals surface area contributed by atoms with E-state index in [1.165, 1.54) is 25.9 Å². The molecule has 2 N–H and O–H groups in total. The Bertz CT molecular complexity index is 917. The van der Waals surface area contributed by atoms with Crippen LogP contribution in [0.2, 0.25) is 0 Å². The first-order valence-corrected chi connectivity index (χ1v) is 11.6. The van der Waals surface area contributed by atoms with Crippen LogP contribution in [0.1, 0.15) is 31.2 Å². The molecule has 3 heterocycles. The maximum Gasteiger partial charge on any atom is 0.204 e. The van der Waals surface area contributed by atoms with Crippen LogP contribution in [-0.4, -0.2) is 81.7 Å². The smallest absolute Gasteiger partial charge is 0.204 e. The lowest BCUT2D eigenvalue weighted by molar-refractivity contribution is 0.154. The number of methoxy groups -OCH3 is 3. The molecule has 2 fully saturated rings. The van der Waals surface area contributed by atoms with Gasteiger partial charge in [0, 0.05) is 49.7 Å². The van der Waals surface area contributed by atoms with Crippen molar-refractivity contribution in [3.05, 3.63) is 17.7 Å². The third-order valence-corrected chi connectivity index (χ3v) is 6.49. The second-order valence-corrected chi connectivity index (χ2v) is 8.65. The van der Waals surface area contributed by atoms with Crippen molar-refractivity contribution >= 4 is 16.7 Å². The highest BCUT2D eigenvalue weighted by Crippen LogP contribution is 2.44. The predicted molar refractivity (Wildman–Crippen MR) is 126 cm³/mol. The van der Waals surface area contributed by atoms with Crippen LogP contribution >= 0.6 is 0 Å². The molecule has 0 aliphatic carbocycles. The number of benzene rings is 1. The summed E-state index contributed by atoms with van der Waals surface area (Å²) in [5.74, 6) is 2.70. The Morgan fingerprint density at radius 3 is 2.50 bits per heavy atom. The standard InChI is InChI=1S/C24H36N4O4/c1-30-21-14-20-19(22(31-2)23(21)32-3)13-17(15-25-8-12-27-9-4-5-10-27)24(26-20)28-11-6-7-18(29)16-28/h13-14,18,25,29H,4-12,15-16H2,1-3H3. The zero-order valence-corrected chi connectivity index (χ0v) is 19.5. The first-order valence-electron chi connectivity index (χ1n) is 11.6. The van der Waals surface area contributed by atoms with Gasteiger partial charge in [-0.1, -0.05) is 0 Å². The van der Waals surface area contributed by atoms with Crippen molar-refractivity contribution in [2.45, 2.75) is 38.3 Å². The van der Waals surface area contributed by atoms with Gasteiger partial charge in [0.25, 0.3) is 0 Å². The molecule has 0 amide bonds. The molecule has 0 bridgehead atoms. The lowest BCUT2D eigenvalue weighted by Crippen LogP contribution is -2.39. The zero-order chi connectivity index (χ0) is 22.5. The third-order valence-electron chi connectivity index (χ3n) is 6.49. The molecule has 1 aromatic heterocycles. The van der Waals surface area contributed by atoms with Crippen LogP contribution < -0.4 is 24.4 Å². The monoisotopic (exact) mass is 444 g/mol. The molecule has 1 aromatic carbocycles. The molecule has 32 heavy (non-hydrogen) atoms. The van der Waals surface area contributed by atoms with E-state index in [1.807, 2.05) is 6.07 Å². The summed E-state index contributed by atoms with van der Waals surface area (Å²) in [6.45, 7) is 6.60. The average molecular weight is 445 g/mol. The van der Waals surface area contributed by atoms with Crippen molar-refractivity contribution in [2.75, 3.05) is 65.5 Å². The molecule has 1 atom stereocenters. The number of rotatable bonds is 9. The lowest BCUT2D eigenvalue weighted by atomic mass is 10.1. The molecule has 0 spiro atoms. The van der Waals surface area contributed by atoms with Crippen molar-refractivity contribution < 1.29 is 19.3 Å². The molecule has 2 aliphatic rings. The molecule has 2 saturated heterocycles. The van der Waals surface area contributed by atoms with Crippen LogP contribution in [0.3, 0.4) is 0 Å². The predicted octanol–water partition coefficient (Wildman–Crippen LogP) is 2.41. The minimum atomic E-state index is -0.322. The van der Waals surface area contributed by atoms with Gasteiger partial charge < -0.3 is 34.4 Å². The number of nitrogens with one attached hydrogen (secondary N) is 1. The van der Waals surface area contributed by atoms with Crippen LogP contribution in [0.5, 0.6) is 17.2 Å². The van der Waals surface area contributed by atoms with E-state index in [2.05, 4.69) is 21.2 Å². The number of aromatic nitrogens is 1. The summed E-state index contributed by atoms with van der Waals surface area (Å²) in [4.78, 5) is 9.74. The molecular weight excluding hydrogens is 408 g/mol. The number of β-amino-alcohol motifs (C(OH)–C–C–N with tert-alkyl or cyclic N) is 1. The van der Waals surface area contributed by atoms with Gasteiger partial charge in [0.15, 0.2) is 11.5 Å². The van der Waals surface area contributed by atoms with Crippen LogP contribution in [0, 0.1) is 0 Å². The number of anilines is 1. The zero-order valence-electron chi connectivity index (χ0n) is 19.5. The molecule has 0 radical (unpaired) electrons. The number of aliphatic hydroxyl groups excluding tert-OH is 1. The molecule has 8 nitrogen and oxygen atoms in total. The van der Waals surface area contributed by atoms with E-state index in [-0.39, 0.29) is 6.10 Å². The molecule has 8 heteroatoms. The SMILES string of the molecule is COc1cc2nc(N3CCCC(O)C3)c(CNCCN3CCCC3)cc2c(OC)c1OC. The van der Waals surface area contributed by atoms with Gasteiger partial charge in [-0.3, -0.25) is 0 Å². The maximum absolute atomic E-state index is 10.3. The van der Waals surface area contributed by atoms with Crippen molar-refractivity contribution in [1.82, 2.24) is 15.2 Å². The van der Waals surface area contributed by atoms with E-state index >= 15 is 0 Å². The summed E-state index contributed by atoms with van der Waals surface area (Å²) < 4.78 is 16.8. The number of likely N-dealkylation sites (tertiary alicyclic amines) is 1. The Kier molecular flexibility index (Phi) is 7.55. The van der Waals surface area contributed by atoms with E-state index in [0.29, 0.717) is 30.3 Å². The first kappa shape index (κ1) is 22.9. The highest BCUT2D eigenvalue weighted by molar-refractivity contribution is 5.92. The van der Waals surface area contributed by atoms with E-state index in [1.54, 1.807) is 21.3 Å². The third kappa shape index (κ3) is 4.87. The number of piperidine rings is 1. The van der Waals surface area contributed by atoms with Gasteiger partial charge in [0.05, 0.1) is 33.0 Å². The van der Waals surface area contributed by atoms with Gasteiger partial charge >= 0.3 is 0 Å². The van der Waals surface area contributed by atoms with Crippen LogP contribution in [0.4, 0.5) is 5.82 Å². The largest absolute Gasteiger partial charge is 0.493 e. The second-order valence-electron chi connectivity index (χ2n) is 8.65. The number of aliphatic hydroxyl groups is 1. The summed E-state index contributed by atoms with van der Waals surface area (Å²) in [6, 6.07) is 4.04. The summed E-state index contributed by atoms with van der Waals surface area (Å²) in [6.07, 6.45) is 4.09. The molecule has 0 saturated carbocycles. The van der Waals surface area contributed by atoms with Crippen molar-refractivity contribution in [3.63, 3.8) is 0 Å². The number of hydrogen-bond acceptors (Lipinski definition) is 8. The van der Waals surface area contributed by atoms with Gasteiger partial charge in [0.1, 0.15) is 5.82 Å². The molecule has 4 rings (SSSR count). The van der Waals surface area contributed by atoms with Gasteiger partial charge in [-0.25, -0.2) is 4.98 Å². The minimum Gasteiger partial charge on any atom is -0.493 e. The Morgan fingerprint density at radius 2 is 1.81 bits per heavy atom. The van der Waals surface area contributed by atoms with Crippen molar-refractivity contribution in [3.8, 4) is 17.2 Å². The van der Waals surface area contributed by atoms with Crippen LogP contribution in [-0.2, 0) is 6.54 Å². The Hall–Kier alpha value is -2.29. The minimum absolute atomic E-state index is 0.322. The number of hydrogen-bond donors (Lipinski definition) is 2. The highest BCUT2D eigenvalue weighted by Gasteiger charge is 2.24. The summed E-state index contributed by atoms with van der Waals surface area (Å²) >= 11 is 0. The van der Waals surface area contributed by atoms with Gasteiger partial charge in [-0.05, 0) is 44.8 Å². The molecule has 2 aromatic rings. The Balaban J connectivity index is 1.67. The Labute approximate surface area is 190 Å². The topological polar surface area (TPSA) is 79.3 Å². The Morgan fingerprint density at radius 1 is 1.03 bits per heavy atom. The molecular formula is C24H36N4O4. The maximum atomic E-state index is 10.3. The summed E-state index contributed by atoms with van der Waals surface area (Å²) in [5, 5.41) is 14.8. The number of pyridine rings is 1. The van der Waals surface area contributed by atoms with Gasteiger partial charge in [-0.2, -0.15) is 0 Å². The molecule has 2 aliphatic heterocycles. The fourth-order valence-corrected chi connectivity index (χ4v) is 4.84. The fraction of sp³-hybridized carbons (Fsp3) is 0.625. The van der Waals surface area contributed by atoms with Crippen LogP contribution in [0.25, 0.3) is 10.9 Å². The fourth-order valence-electron chi connectivity index (χ4n) is 4.84. The molecule has 176 valence electrons. The van der Waals surface area contributed by atoms with Crippen molar-refractivity contribution in [2.24, 2.45) is 0 Å². The first-order chi connectivity index (χ1) is 15.6. The highest BCUT2D eigenvalue weighted by atomic mass is 16.5. The van der Waals surface area contributed by atoms with Gasteiger partial charge in [0.2, 0.25) is 5.75 Å². The average Bonchev–Trinajstić information content (AvgIpc) is 3.33. The van der Waals surface area contributed by atoms with E-state index < -0.39 is 0 Å². The normalized spacial score (nSPS) is 19.5. The number of fused-ring (bicyclic) bond motifs is 1. The van der Waals surface area contributed by atoms with E-state index in [4.69, 9.17) is 19.2 Å². The lowest BCUT2D eigenvalue weighted by Gasteiger charge is -2.33.